The van der Waals surface area contributed by atoms with Gasteiger partial charge in [-0.25, -0.2) is 0 Å². The second-order valence-corrected chi connectivity index (χ2v) is 4.03. The van der Waals surface area contributed by atoms with E-state index in [0.29, 0.717) is 6.42 Å². The van der Waals surface area contributed by atoms with Gasteiger partial charge in [-0.15, -0.1) is 0 Å². The summed E-state index contributed by atoms with van der Waals surface area (Å²) in [5.41, 5.74) is 2.26. The highest BCUT2D eigenvalue weighted by molar-refractivity contribution is 5.49. The lowest BCUT2D eigenvalue weighted by atomic mass is 10.1. The third-order valence-electron chi connectivity index (χ3n) is 2.60. The van der Waals surface area contributed by atoms with Crippen LogP contribution >= 0.6 is 0 Å². The van der Waals surface area contributed by atoms with Crippen molar-refractivity contribution in [1.29, 1.82) is 0 Å². The molecule has 0 unspecified atom stereocenters. The highest BCUT2D eigenvalue weighted by atomic mass is 16.3. The molecule has 1 nitrogen and oxygen atoms in total. The van der Waals surface area contributed by atoms with Gasteiger partial charge in [-0.2, -0.15) is 0 Å². The van der Waals surface area contributed by atoms with Crippen LogP contribution in [-0.4, -0.2) is 11.2 Å². The standard InChI is InChI=1S/C16H16O/c17-16(13-15-9-5-2-6-10-15)12-11-14-7-3-1-4-8-14/h1-12,16-17H,13H2/b12-11+/t16-/m0/s1. The van der Waals surface area contributed by atoms with Crippen molar-refractivity contribution in [2.75, 3.05) is 0 Å². The van der Waals surface area contributed by atoms with Gasteiger partial charge in [0.05, 0.1) is 6.10 Å². The smallest absolute Gasteiger partial charge is 0.0764 e. The summed E-state index contributed by atoms with van der Waals surface area (Å²) in [4.78, 5) is 0. The molecule has 1 heteroatoms. The topological polar surface area (TPSA) is 20.2 Å². The summed E-state index contributed by atoms with van der Waals surface area (Å²) in [5, 5.41) is 9.88. The van der Waals surface area contributed by atoms with Gasteiger partial charge in [0.2, 0.25) is 0 Å². The summed E-state index contributed by atoms with van der Waals surface area (Å²) >= 11 is 0. The molecule has 0 heterocycles. The minimum Gasteiger partial charge on any atom is -0.389 e. The fourth-order valence-electron chi connectivity index (χ4n) is 1.71. The lowest BCUT2D eigenvalue weighted by molar-refractivity contribution is 0.224. The van der Waals surface area contributed by atoms with Crippen molar-refractivity contribution in [1.82, 2.24) is 0 Å². The number of benzene rings is 2. The maximum atomic E-state index is 9.88. The largest absolute Gasteiger partial charge is 0.389 e. The minimum absolute atomic E-state index is 0.433. The van der Waals surface area contributed by atoms with Crippen molar-refractivity contribution >= 4 is 6.08 Å². The summed E-state index contributed by atoms with van der Waals surface area (Å²) in [6, 6.07) is 20.0. The molecule has 2 aromatic carbocycles. The Morgan fingerprint density at radius 1 is 0.882 bits per heavy atom. The zero-order chi connectivity index (χ0) is 11.9. The van der Waals surface area contributed by atoms with Gasteiger partial charge in [0.1, 0.15) is 0 Å². The van der Waals surface area contributed by atoms with Crippen LogP contribution < -0.4 is 0 Å². The summed E-state index contributed by atoms with van der Waals surface area (Å²) < 4.78 is 0. The van der Waals surface area contributed by atoms with Crippen LogP contribution in [0.2, 0.25) is 0 Å². The summed E-state index contributed by atoms with van der Waals surface area (Å²) in [6.45, 7) is 0. The van der Waals surface area contributed by atoms with Gasteiger partial charge in [-0.05, 0) is 11.1 Å². The third-order valence-corrected chi connectivity index (χ3v) is 2.60. The first-order chi connectivity index (χ1) is 8.34. The molecule has 0 aliphatic rings. The quantitative estimate of drug-likeness (QED) is 0.844. The Balaban J connectivity index is 1.94. The Bertz CT molecular complexity index is 459. The first-order valence-electron chi connectivity index (χ1n) is 5.80. The van der Waals surface area contributed by atoms with Crippen molar-refractivity contribution < 1.29 is 5.11 Å². The third kappa shape index (κ3) is 3.89. The molecule has 0 fully saturated rings. The van der Waals surface area contributed by atoms with Gasteiger partial charge < -0.3 is 5.11 Å². The van der Waals surface area contributed by atoms with E-state index in [9.17, 15) is 5.11 Å². The van der Waals surface area contributed by atoms with Crippen LogP contribution in [0.5, 0.6) is 0 Å². The average molecular weight is 224 g/mol. The molecule has 0 amide bonds. The van der Waals surface area contributed by atoms with E-state index < -0.39 is 6.10 Å². The molecule has 2 aromatic rings. The van der Waals surface area contributed by atoms with Gasteiger partial charge in [-0.1, -0.05) is 72.8 Å². The molecule has 1 N–H and O–H groups in total. The summed E-state index contributed by atoms with van der Waals surface area (Å²) in [7, 11) is 0. The van der Waals surface area contributed by atoms with E-state index in [1.165, 1.54) is 0 Å². The lowest BCUT2D eigenvalue weighted by Gasteiger charge is -2.05. The monoisotopic (exact) mass is 224 g/mol. The van der Waals surface area contributed by atoms with Crippen molar-refractivity contribution in [3.05, 3.63) is 77.9 Å². The molecule has 0 saturated heterocycles. The second-order valence-electron chi connectivity index (χ2n) is 4.03. The van der Waals surface area contributed by atoms with E-state index >= 15 is 0 Å². The Kier molecular flexibility index (Phi) is 4.11. The van der Waals surface area contributed by atoms with E-state index in [1.54, 1.807) is 0 Å². The Hall–Kier alpha value is -1.86. The SMILES string of the molecule is O[C@@H](/C=C/c1ccccc1)Cc1ccccc1. The van der Waals surface area contributed by atoms with Gasteiger partial charge in [-0.3, -0.25) is 0 Å². The van der Waals surface area contributed by atoms with Gasteiger partial charge in [0, 0.05) is 6.42 Å². The predicted octanol–water partition coefficient (Wildman–Crippen LogP) is 3.30. The zero-order valence-corrected chi connectivity index (χ0v) is 9.66. The minimum atomic E-state index is -0.433. The van der Waals surface area contributed by atoms with Crippen molar-refractivity contribution in [2.45, 2.75) is 12.5 Å². The predicted molar refractivity (Wildman–Crippen MR) is 71.6 cm³/mol. The average Bonchev–Trinajstić information content (AvgIpc) is 2.39. The van der Waals surface area contributed by atoms with Gasteiger partial charge in [0.15, 0.2) is 0 Å². The maximum Gasteiger partial charge on any atom is 0.0764 e. The molecule has 0 aliphatic carbocycles. The number of hydrogen-bond donors (Lipinski definition) is 1. The fourth-order valence-corrected chi connectivity index (χ4v) is 1.71. The lowest BCUT2D eigenvalue weighted by Crippen LogP contribution is -2.06. The Morgan fingerprint density at radius 2 is 1.47 bits per heavy atom. The molecular weight excluding hydrogens is 208 g/mol. The van der Waals surface area contributed by atoms with E-state index in [4.69, 9.17) is 0 Å². The Labute approximate surface area is 102 Å². The molecule has 0 radical (unpaired) electrons. The molecule has 2 rings (SSSR count). The first-order valence-corrected chi connectivity index (χ1v) is 5.80. The molecular formula is C16H16O. The van der Waals surface area contributed by atoms with Crippen molar-refractivity contribution in [3.63, 3.8) is 0 Å². The summed E-state index contributed by atoms with van der Waals surface area (Å²) in [6.07, 6.45) is 4.01. The first kappa shape index (κ1) is 11.6. The normalized spacial score (nSPS) is 12.8. The number of aliphatic hydroxyl groups is 1. The van der Waals surface area contributed by atoms with Crippen LogP contribution in [0.1, 0.15) is 11.1 Å². The molecule has 0 saturated carbocycles. The fraction of sp³-hybridized carbons (Fsp3) is 0.125. The summed E-state index contributed by atoms with van der Waals surface area (Å²) in [5.74, 6) is 0. The highest BCUT2D eigenvalue weighted by Crippen LogP contribution is 2.06. The number of rotatable bonds is 4. The van der Waals surface area contributed by atoms with Crippen LogP contribution in [0.4, 0.5) is 0 Å². The van der Waals surface area contributed by atoms with E-state index in [-0.39, 0.29) is 0 Å². The van der Waals surface area contributed by atoms with Crippen LogP contribution in [-0.2, 0) is 6.42 Å². The molecule has 0 spiro atoms. The van der Waals surface area contributed by atoms with E-state index in [2.05, 4.69) is 0 Å². The van der Waals surface area contributed by atoms with Crippen LogP contribution in [0.3, 0.4) is 0 Å². The molecule has 0 aromatic heterocycles. The van der Waals surface area contributed by atoms with Gasteiger partial charge in [0.25, 0.3) is 0 Å². The van der Waals surface area contributed by atoms with Crippen LogP contribution in [0, 0.1) is 0 Å². The number of hydrogen-bond acceptors (Lipinski definition) is 1. The van der Waals surface area contributed by atoms with Gasteiger partial charge >= 0.3 is 0 Å². The van der Waals surface area contributed by atoms with E-state index in [0.717, 1.165) is 11.1 Å². The maximum absolute atomic E-state index is 9.88. The van der Waals surface area contributed by atoms with Crippen molar-refractivity contribution in [2.24, 2.45) is 0 Å². The number of aliphatic hydroxyl groups excluding tert-OH is 1. The zero-order valence-electron chi connectivity index (χ0n) is 9.66. The second kappa shape index (κ2) is 6.02. The molecule has 0 bridgehead atoms. The van der Waals surface area contributed by atoms with E-state index in [1.807, 2.05) is 72.8 Å². The molecule has 86 valence electrons. The van der Waals surface area contributed by atoms with Crippen molar-refractivity contribution in [3.8, 4) is 0 Å². The highest BCUT2D eigenvalue weighted by Gasteiger charge is 2.00. The molecule has 1 atom stereocenters. The van der Waals surface area contributed by atoms with Crippen LogP contribution in [0.25, 0.3) is 6.08 Å². The molecule has 17 heavy (non-hydrogen) atoms. The molecule has 0 aliphatic heterocycles. The Morgan fingerprint density at radius 3 is 2.12 bits per heavy atom. The van der Waals surface area contributed by atoms with Crippen LogP contribution in [0.15, 0.2) is 66.7 Å².